The molecule has 0 aliphatic rings. The van der Waals surface area contributed by atoms with Crippen LogP contribution in [0.25, 0.3) is 0 Å². The Hall–Kier alpha value is -0.240. The molecule has 0 spiro atoms. The molecule has 0 aromatic carbocycles. The Bertz CT molecular complexity index is 147. The number of thioether (sulfide) groups is 1. The van der Waals surface area contributed by atoms with Crippen LogP contribution in [0.2, 0.25) is 0 Å². The van der Waals surface area contributed by atoms with Gasteiger partial charge in [-0.1, -0.05) is 20.4 Å². The van der Waals surface area contributed by atoms with Crippen LogP contribution in [-0.4, -0.2) is 11.3 Å². The van der Waals surface area contributed by atoms with Gasteiger partial charge in [-0.15, -0.1) is 11.8 Å². The van der Waals surface area contributed by atoms with Crippen LogP contribution >= 0.6 is 11.8 Å². The number of aliphatic imine (C=N–C) groups is 1. The minimum atomic E-state index is 0.460. The van der Waals surface area contributed by atoms with E-state index in [4.69, 9.17) is 0 Å². The normalized spacial score (nSPS) is 12.3. The molecule has 0 unspecified atom stereocenters. The second-order valence-corrected chi connectivity index (χ2v) is 3.48. The maximum absolute atomic E-state index is 4.28. The first kappa shape index (κ1) is 9.76. The van der Waals surface area contributed by atoms with Crippen LogP contribution in [0.5, 0.6) is 0 Å². The van der Waals surface area contributed by atoms with Crippen molar-refractivity contribution < 1.29 is 0 Å². The van der Waals surface area contributed by atoms with Crippen LogP contribution in [0.3, 0.4) is 0 Å². The van der Waals surface area contributed by atoms with Gasteiger partial charge in [0.25, 0.3) is 0 Å². The van der Waals surface area contributed by atoms with Gasteiger partial charge in [0.2, 0.25) is 0 Å². The summed E-state index contributed by atoms with van der Waals surface area (Å²) in [5.74, 6) is 0.460. The molecule has 0 heterocycles. The molecular formula is C8H15NS. The van der Waals surface area contributed by atoms with Crippen molar-refractivity contribution in [2.45, 2.75) is 20.8 Å². The monoisotopic (exact) mass is 157 g/mol. The van der Waals surface area contributed by atoms with Gasteiger partial charge in [-0.3, -0.25) is 4.99 Å². The first-order valence-electron chi connectivity index (χ1n) is 3.36. The summed E-state index contributed by atoms with van der Waals surface area (Å²) in [4.78, 5) is 4.28. The smallest absolute Gasteiger partial charge is 0.0700 e. The van der Waals surface area contributed by atoms with Gasteiger partial charge in [-0.2, -0.15) is 0 Å². The van der Waals surface area contributed by atoms with Crippen molar-refractivity contribution >= 4 is 16.8 Å². The molecule has 0 saturated heterocycles. The molecule has 1 nitrogen and oxygen atoms in total. The summed E-state index contributed by atoms with van der Waals surface area (Å²) in [7, 11) is 0. The molecule has 0 aliphatic heterocycles. The molecule has 0 rings (SSSR count). The highest BCUT2D eigenvalue weighted by molar-refractivity contribution is 8.13. The number of hydrogen-bond donors (Lipinski definition) is 0. The summed E-state index contributed by atoms with van der Waals surface area (Å²) in [6, 6.07) is 0. The molecule has 0 aromatic heterocycles. The molecule has 0 radical (unpaired) electrons. The average Bonchev–Trinajstić information content (AvgIpc) is 1.87. The van der Waals surface area contributed by atoms with Gasteiger partial charge in [0, 0.05) is 5.70 Å². The topological polar surface area (TPSA) is 12.4 Å². The zero-order valence-corrected chi connectivity index (χ0v) is 7.96. The van der Waals surface area contributed by atoms with Crippen molar-refractivity contribution in [3.8, 4) is 0 Å². The third kappa shape index (κ3) is 3.72. The van der Waals surface area contributed by atoms with Gasteiger partial charge < -0.3 is 0 Å². The Balaban J connectivity index is 4.00. The Morgan fingerprint density at radius 3 is 2.30 bits per heavy atom. The van der Waals surface area contributed by atoms with Gasteiger partial charge >= 0.3 is 0 Å². The molecule has 0 N–H and O–H groups in total. The summed E-state index contributed by atoms with van der Waals surface area (Å²) in [5.41, 5.74) is 0.965. The molecule has 0 amide bonds. The van der Waals surface area contributed by atoms with Gasteiger partial charge in [0.05, 0.1) is 5.04 Å². The third-order valence-corrected chi connectivity index (χ3v) is 1.95. The maximum Gasteiger partial charge on any atom is 0.0700 e. The fraction of sp³-hybridized carbons (Fsp3) is 0.625. The minimum absolute atomic E-state index is 0.460. The molecule has 0 atom stereocenters. The lowest BCUT2D eigenvalue weighted by atomic mass is 10.2. The highest BCUT2D eigenvalue weighted by Crippen LogP contribution is 2.10. The van der Waals surface area contributed by atoms with E-state index in [1.165, 1.54) is 0 Å². The van der Waals surface area contributed by atoms with E-state index in [2.05, 4.69) is 25.4 Å². The molecule has 0 bridgehead atoms. The van der Waals surface area contributed by atoms with Gasteiger partial charge in [-0.05, 0) is 19.1 Å². The van der Waals surface area contributed by atoms with E-state index in [0.29, 0.717) is 5.92 Å². The number of hydrogen-bond acceptors (Lipinski definition) is 2. The van der Waals surface area contributed by atoms with Crippen LogP contribution < -0.4 is 0 Å². The summed E-state index contributed by atoms with van der Waals surface area (Å²) in [6.07, 6.45) is 2.02. The molecule has 10 heavy (non-hydrogen) atoms. The van der Waals surface area contributed by atoms with Crippen molar-refractivity contribution in [2.75, 3.05) is 6.26 Å². The van der Waals surface area contributed by atoms with E-state index in [1.807, 2.05) is 13.2 Å². The van der Waals surface area contributed by atoms with Crippen LogP contribution in [0.4, 0.5) is 0 Å². The Labute approximate surface area is 67.6 Å². The highest BCUT2D eigenvalue weighted by Gasteiger charge is 1.96. The van der Waals surface area contributed by atoms with E-state index in [9.17, 15) is 0 Å². The Morgan fingerprint density at radius 2 is 2.00 bits per heavy atom. The fourth-order valence-corrected chi connectivity index (χ4v) is 0.586. The van der Waals surface area contributed by atoms with Crippen molar-refractivity contribution in [3.05, 3.63) is 12.3 Å². The molecule has 0 aliphatic carbocycles. The lowest BCUT2D eigenvalue weighted by molar-refractivity contribution is 0.763. The van der Waals surface area contributed by atoms with E-state index < -0.39 is 0 Å². The minimum Gasteiger partial charge on any atom is -0.252 e. The van der Waals surface area contributed by atoms with Crippen LogP contribution in [0.1, 0.15) is 20.8 Å². The largest absolute Gasteiger partial charge is 0.252 e. The predicted octanol–water partition coefficient (Wildman–Crippen LogP) is 2.94. The van der Waals surface area contributed by atoms with Crippen molar-refractivity contribution in [2.24, 2.45) is 10.9 Å². The van der Waals surface area contributed by atoms with Crippen LogP contribution in [0, 0.1) is 5.92 Å². The van der Waals surface area contributed by atoms with Crippen molar-refractivity contribution in [3.63, 3.8) is 0 Å². The molecule has 0 fully saturated rings. The zero-order valence-electron chi connectivity index (χ0n) is 7.14. The van der Waals surface area contributed by atoms with E-state index in [1.54, 1.807) is 11.8 Å². The maximum atomic E-state index is 4.28. The average molecular weight is 157 g/mol. The standard InChI is InChI=1S/C8H15NS/c1-6(2)7(3)9-8(4)10-5/h6H,3H2,1-2,4-5H3/b9-8-. The Kier molecular flexibility index (Phi) is 4.45. The predicted molar refractivity (Wildman–Crippen MR) is 50.6 cm³/mol. The van der Waals surface area contributed by atoms with Crippen molar-refractivity contribution in [1.82, 2.24) is 0 Å². The van der Waals surface area contributed by atoms with Crippen molar-refractivity contribution in [1.29, 1.82) is 0 Å². The lowest BCUT2D eigenvalue weighted by Crippen LogP contribution is -1.91. The van der Waals surface area contributed by atoms with Gasteiger partial charge in [0.15, 0.2) is 0 Å². The van der Waals surface area contributed by atoms with E-state index >= 15 is 0 Å². The van der Waals surface area contributed by atoms with Crippen LogP contribution in [-0.2, 0) is 0 Å². The fourth-order valence-electron chi connectivity index (χ4n) is 0.377. The zero-order chi connectivity index (χ0) is 8.15. The second kappa shape index (κ2) is 4.56. The second-order valence-electron chi connectivity index (χ2n) is 2.48. The summed E-state index contributed by atoms with van der Waals surface area (Å²) in [5, 5.41) is 1.08. The van der Waals surface area contributed by atoms with Gasteiger partial charge in [0.1, 0.15) is 0 Å². The van der Waals surface area contributed by atoms with Crippen LogP contribution in [0.15, 0.2) is 17.3 Å². The Morgan fingerprint density at radius 1 is 1.50 bits per heavy atom. The molecule has 2 heteroatoms. The number of nitrogens with zero attached hydrogens (tertiary/aromatic N) is 1. The highest BCUT2D eigenvalue weighted by atomic mass is 32.2. The summed E-state index contributed by atoms with van der Waals surface area (Å²) < 4.78 is 0. The lowest BCUT2D eigenvalue weighted by Gasteiger charge is -2.03. The molecular weight excluding hydrogens is 142 g/mol. The third-order valence-electron chi connectivity index (χ3n) is 1.26. The van der Waals surface area contributed by atoms with Gasteiger partial charge in [-0.25, -0.2) is 0 Å². The first-order valence-corrected chi connectivity index (χ1v) is 4.58. The summed E-state index contributed by atoms with van der Waals surface area (Å²) >= 11 is 1.66. The molecule has 58 valence electrons. The quantitative estimate of drug-likeness (QED) is 0.443. The summed E-state index contributed by atoms with van der Waals surface area (Å²) in [6.45, 7) is 10.0. The first-order chi connectivity index (χ1) is 4.57. The van der Waals surface area contributed by atoms with E-state index in [0.717, 1.165) is 10.7 Å². The van der Waals surface area contributed by atoms with E-state index in [-0.39, 0.29) is 0 Å². The number of allylic oxidation sites excluding steroid dienone is 1. The SMILES string of the molecule is C=C(/N=C(/C)SC)C(C)C. The molecule has 0 saturated carbocycles. The molecule has 0 aromatic rings. The number of rotatable bonds is 2.